The number of ether oxygens (including phenoxy) is 1. The van der Waals surface area contributed by atoms with Gasteiger partial charge in [0.1, 0.15) is 11.5 Å². The molecule has 216 valence electrons. The molecule has 1 unspecified atom stereocenters. The van der Waals surface area contributed by atoms with Crippen molar-refractivity contribution in [3.63, 3.8) is 0 Å². The molecule has 1 aliphatic heterocycles. The van der Waals surface area contributed by atoms with E-state index in [1.165, 1.54) is 66.8 Å². The molecule has 1 heterocycles. The van der Waals surface area contributed by atoms with E-state index in [4.69, 9.17) is 4.74 Å². The summed E-state index contributed by atoms with van der Waals surface area (Å²) in [6.07, 6.45) is 0. The molecular formula is C45H30O. The molecule has 0 aromatic heterocycles. The van der Waals surface area contributed by atoms with Crippen LogP contribution >= 0.6 is 0 Å². The highest BCUT2D eigenvalue weighted by Crippen LogP contribution is 2.62. The summed E-state index contributed by atoms with van der Waals surface area (Å²) in [5.41, 5.74) is 16.0. The maximum absolute atomic E-state index is 6.80. The predicted octanol–water partition coefficient (Wildman–Crippen LogP) is 11.2. The van der Waals surface area contributed by atoms with E-state index in [1.807, 2.05) is 0 Å². The Morgan fingerprint density at radius 3 is 1.54 bits per heavy atom. The lowest BCUT2D eigenvalue weighted by molar-refractivity contribution is 0.436. The van der Waals surface area contributed by atoms with Crippen LogP contribution in [0.3, 0.4) is 0 Å². The van der Waals surface area contributed by atoms with Crippen molar-refractivity contribution in [2.24, 2.45) is 0 Å². The lowest BCUT2D eigenvalue weighted by Gasteiger charge is -2.39. The van der Waals surface area contributed by atoms with Crippen molar-refractivity contribution in [2.45, 2.75) is 17.8 Å². The molecule has 7 aromatic rings. The van der Waals surface area contributed by atoms with Crippen molar-refractivity contribution in [3.05, 3.63) is 203 Å². The highest BCUT2D eigenvalue weighted by molar-refractivity contribution is 5.90. The van der Waals surface area contributed by atoms with Crippen LogP contribution in [-0.4, -0.2) is 0 Å². The first-order chi connectivity index (χ1) is 22.7. The van der Waals surface area contributed by atoms with Crippen LogP contribution < -0.4 is 4.74 Å². The SMILES string of the molecule is CC1(c2ccccc2)c2ccccc2-c2cc(-c3ccc4c(c3)Oc3ccccc3C43c4ccccc4-c4ccccc43)ccc21. The van der Waals surface area contributed by atoms with Crippen LogP contribution in [0, 0.1) is 0 Å². The molecule has 2 aliphatic carbocycles. The lowest BCUT2D eigenvalue weighted by atomic mass is 9.66. The molecule has 0 N–H and O–H groups in total. The zero-order valence-corrected chi connectivity index (χ0v) is 25.5. The smallest absolute Gasteiger partial charge is 0.132 e. The molecule has 0 saturated heterocycles. The Morgan fingerprint density at radius 2 is 0.848 bits per heavy atom. The average molecular weight is 587 g/mol. The van der Waals surface area contributed by atoms with Crippen molar-refractivity contribution >= 4 is 0 Å². The summed E-state index contributed by atoms with van der Waals surface area (Å²) >= 11 is 0. The normalized spacial score (nSPS) is 17.2. The van der Waals surface area contributed by atoms with Gasteiger partial charge in [-0.25, -0.2) is 0 Å². The van der Waals surface area contributed by atoms with Gasteiger partial charge in [0.25, 0.3) is 0 Å². The standard InChI is InChI=1S/C45H30O/c1-44(31-13-3-2-4-14-31)36-18-8-5-17-34(36)35-27-29(23-25-37(35)44)30-24-26-41-43(28-30)46-42-22-12-11-21-40(42)45(41)38-19-9-6-15-32(38)33-16-7-10-20-39(33)45/h2-28H,1H3. The van der Waals surface area contributed by atoms with E-state index in [0.717, 1.165) is 17.1 Å². The Labute approximate surface area is 269 Å². The molecular weight excluding hydrogens is 556 g/mol. The highest BCUT2D eigenvalue weighted by Gasteiger charge is 2.51. The van der Waals surface area contributed by atoms with Crippen LogP contribution in [0.25, 0.3) is 33.4 Å². The van der Waals surface area contributed by atoms with Gasteiger partial charge in [0.05, 0.1) is 5.41 Å². The Hall–Kier alpha value is -5.66. The van der Waals surface area contributed by atoms with Gasteiger partial charge in [0, 0.05) is 16.5 Å². The third kappa shape index (κ3) is 3.15. The van der Waals surface area contributed by atoms with Crippen LogP contribution in [0.2, 0.25) is 0 Å². The maximum atomic E-state index is 6.80. The number of para-hydroxylation sites is 1. The summed E-state index contributed by atoms with van der Waals surface area (Å²) in [5, 5.41) is 0. The average Bonchev–Trinajstić information content (AvgIpc) is 3.56. The van der Waals surface area contributed by atoms with E-state index >= 15 is 0 Å². The molecule has 7 aromatic carbocycles. The quantitative estimate of drug-likeness (QED) is 0.196. The van der Waals surface area contributed by atoms with E-state index in [-0.39, 0.29) is 5.41 Å². The minimum atomic E-state index is -0.440. The second-order valence-electron chi connectivity index (χ2n) is 12.9. The van der Waals surface area contributed by atoms with Crippen LogP contribution in [0.4, 0.5) is 0 Å². The summed E-state index contributed by atoms with van der Waals surface area (Å²) in [7, 11) is 0. The van der Waals surface area contributed by atoms with Crippen LogP contribution in [0.1, 0.15) is 45.9 Å². The van der Waals surface area contributed by atoms with Gasteiger partial charge >= 0.3 is 0 Å². The second kappa shape index (κ2) is 9.19. The molecule has 1 spiro atoms. The number of fused-ring (bicyclic) bond motifs is 12. The monoisotopic (exact) mass is 586 g/mol. The number of hydrogen-bond donors (Lipinski definition) is 0. The van der Waals surface area contributed by atoms with Gasteiger partial charge in [-0.1, -0.05) is 146 Å². The Bertz CT molecular complexity index is 2320. The van der Waals surface area contributed by atoms with Crippen molar-refractivity contribution in [3.8, 4) is 44.9 Å². The molecule has 46 heavy (non-hydrogen) atoms. The summed E-state index contributed by atoms with van der Waals surface area (Å²) in [4.78, 5) is 0. The highest BCUT2D eigenvalue weighted by atomic mass is 16.5. The first-order valence-corrected chi connectivity index (χ1v) is 16.1. The largest absolute Gasteiger partial charge is 0.457 e. The fourth-order valence-electron chi connectivity index (χ4n) is 8.80. The van der Waals surface area contributed by atoms with E-state index in [0.29, 0.717) is 0 Å². The molecule has 10 rings (SSSR count). The van der Waals surface area contributed by atoms with Crippen molar-refractivity contribution in [1.29, 1.82) is 0 Å². The third-order valence-electron chi connectivity index (χ3n) is 10.8. The molecule has 3 aliphatic rings. The summed E-state index contributed by atoms with van der Waals surface area (Å²) in [6.45, 7) is 2.37. The van der Waals surface area contributed by atoms with Gasteiger partial charge in [-0.3, -0.25) is 0 Å². The fourth-order valence-corrected chi connectivity index (χ4v) is 8.80. The van der Waals surface area contributed by atoms with E-state index in [1.54, 1.807) is 0 Å². The zero-order valence-electron chi connectivity index (χ0n) is 25.5. The number of hydrogen-bond acceptors (Lipinski definition) is 1. The van der Waals surface area contributed by atoms with E-state index < -0.39 is 5.41 Å². The summed E-state index contributed by atoms with van der Waals surface area (Å²) in [5.74, 6) is 1.83. The van der Waals surface area contributed by atoms with Gasteiger partial charge in [-0.15, -0.1) is 0 Å². The Kier molecular flexibility index (Phi) is 5.12. The zero-order chi connectivity index (χ0) is 30.5. The van der Waals surface area contributed by atoms with Gasteiger partial charge in [0.15, 0.2) is 0 Å². The molecule has 1 atom stereocenters. The predicted molar refractivity (Wildman–Crippen MR) is 187 cm³/mol. The second-order valence-corrected chi connectivity index (χ2v) is 12.9. The molecule has 0 bridgehead atoms. The summed E-state index contributed by atoms with van der Waals surface area (Å²) in [6, 6.07) is 60.1. The molecule has 1 heteroatoms. The number of rotatable bonds is 2. The molecule has 0 radical (unpaired) electrons. The van der Waals surface area contributed by atoms with Gasteiger partial charge in [-0.2, -0.15) is 0 Å². The van der Waals surface area contributed by atoms with Crippen LogP contribution in [0.15, 0.2) is 164 Å². The van der Waals surface area contributed by atoms with E-state index in [9.17, 15) is 0 Å². The molecule has 0 fully saturated rings. The van der Waals surface area contributed by atoms with Crippen LogP contribution in [-0.2, 0) is 10.8 Å². The Balaban J connectivity index is 1.18. The molecule has 0 saturated carbocycles. The minimum Gasteiger partial charge on any atom is -0.457 e. The van der Waals surface area contributed by atoms with Crippen molar-refractivity contribution in [2.75, 3.05) is 0 Å². The maximum Gasteiger partial charge on any atom is 0.132 e. The fraction of sp³-hybridized carbons (Fsp3) is 0.0667. The molecule has 1 nitrogen and oxygen atoms in total. The van der Waals surface area contributed by atoms with Crippen molar-refractivity contribution in [1.82, 2.24) is 0 Å². The first-order valence-electron chi connectivity index (χ1n) is 16.1. The lowest BCUT2D eigenvalue weighted by Crippen LogP contribution is -2.32. The van der Waals surface area contributed by atoms with Crippen LogP contribution in [0.5, 0.6) is 11.5 Å². The Morgan fingerprint density at radius 1 is 0.370 bits per heavy atom. The van der Waals surface area contributed by atoms with E-state index in [2.05, 4.69) is 171 Å². The van der Waals surface area contributed by atoms with Gasteiger partial charge < -0.3 is 4.74 Å². The number of benzene rings is 7. The topological polar surface area (TPSA) is 9.23 Å². The molecule has 0 amide bonds. The van der Waals surface area contributed by atoms with Gasteiger partial charge in [0.2, 0.25) is 0 Å². The van der Waals surface area contributed by atoms with Crippen molar-refractivity contribution < 1.29 is 4.74 Å². The minimum absolute atomic E-state index is 0.204. The third-order valence-corrected chi connectivity index (χ3v) is 10.8. The summed E-state index contributed by atoms with van der Waals surface area (Å²) < 4.78 is 6.80. The van der Waals surface area contributed by atoms with Gasteiger partial charge in [-0.05, 0) is 86.3 Å². The first kappa shape index (κ1) is 25.6.